The van der Waals surface area contributed by atoms with Crippen molar-refractivity contribution in [3.63, 3.8) is 0 Å². The highest BCUT2D eigenvalue weighted by molar-refractivity contribution is 14.0. The number of aliphatic imine (C=N–C) groups is 1. The second-order valence-electron chi connectivity index (χ2n) is 5.50. The molecular formula is C14H28IN3O4S. The number of carbonyl (C=O) groups is 1. The Morgan fingerprint density at radius 1 is 1.35 bits per heavy atom. The van der Waals surface area contributed by atoms with Crippen LogP contribution in [-0.4, -0.2) is 70.5 Å². The lowest BCUT2D eigenvalue weighted by molar-refractivity contribution is -0.146. The fraction of sp³-hybridized carbons (Fsp3) is 0.857. The van der Waals surface area contributed by atoms with Crippen LogP contribution in [0.15, 0.2) is 4.99 Å². The number of likely N-dealkylation sites (tertiary alicyclic amines) is 1. The normalized spacial score (nSPS) is 16.7. The Balaban J connectivity index is 0.00000484. The number of nitrogens with one attached hydrogen (secondary N) is 1. The highest BCUT2D eigenvalue weighted by Crippen LogP contribution is 2.18. The number of hydrogen-bond donors (Lipinski definition) is 1. The molecule has 9 heteroatoms. The summed E-state index contributed by atoms with van der Waals surface area (Å²) in [6.07, 6.45) is 3.26. The summed E-state index contributed by atoms with van der Waals surface area (Å²) in [4.78, 5) is 18.1. The van der Waals surface area contributed by atoms with Gasteiger partial charge in [0.1, 0.15) is 9.84 Å². The molecule has 1 aliphatic rings. The van der Waals surface area contributed by atoms with E-state index in [1.807, 2.05) is 6.92 Å². The van der Waals surface area contributed by atoms with E-state index in [-0.39, 0.29) is 41.6 Å². The molecule has 1 saturated heterocycles. The fourth-order valence-corrected chi connectivity index (χ4v) is 3.08. The molecule has 0 aromatic rings. The van der Waals surface area contributed by atoms with Gasteiger partial charge in [-0.05, 0) is 26.2 Å². The van der Waals surface area contributed by atoms with E-state index in [1.165, 1.54) is 13.4 Å². The minimum absolute atomic E-state index is 0. The van der Waals surface area contributed by atoms with Crippen molar-refractivity contribution in [2.45, 2.75) is 26.2 Å². The Morgan fingerprint density at radius 3 is 2.43 bits per heavy atom. The van der Waals surface area contributed by atoms with Gasteiger partial charge in [0.25, 0.3) is 0 Å². The van der Waals surface area contributed by atoms with Crippen LogP contribution >= 0.6 is 24.0 Å². The maximum atomic E-state index is 11.5. The first kappa shape index (κ1) is 22.4. The monoisotopic (exact) mass is 461 g/mol. The molecule has 0 amide bonds. The number of guanidine groups is 1. The number of piperidine rings is 1. The summed E-state index contributed by atoms with van der Waals surface area (Å²) in [7, 11) is -1.51. The third kappa shape index (κ3) is 8.73. The van der Waals surface area contributed by atoms with E-state index in [2.05, 4.69) is 15.2 Å². The van der Waals surface area contributed by atoms with Crippen molar-refractivity contribution in [2.75, 3.05) is 45.3 Å². The number of nitrogens with zero attached hydrogens (tertiary/aromatic N) is 2. The largest absolute Gasteiger partial charge is 0.469 e. The molecule has 1 rings (SSSR count). The van der Waals surface area contributed by atoms with Gasteiger partial charge < -0.3 is 15.0 Å². The maximum Gasteiger partial charge on any atom is 0.308 e. The van der Waals surface area contributed by atoms with Crippen LogP contribution in [-0.2, 0) is 19.4 Å². The van der Waals surface area contributed by atoms with E-state index < -0.39 is 9.84 Å². The van der Waals surface area contributed by atoms with E-state index in [4.69, 9.17) is 4.74 Å². The highest BCUT2D eigenvalue weighted by atomic mass is 127. The van der Waals surface area contributed by atoms with E-state index in [1.54, 1.807) is 0 Å². The molecule has 0 aromatic heterocycles. The molecule has 0 unspecified atom stereocenters. The van der Waals surface area contributed by atoms with Gasteiger partial charge in [-0.2, -0.15) is 0 Å². The second kappa shape index (κ2) is 11.1. The summed E-state index contributed by atoms with van der Waals surface area (Å²) in [6.45, 7) is 4.72. The zero-order valence-corrected chi connectivity index (χ0v) is 17.2. The number of sulfone groups is 1. The predicted octanol–water partition coefficient (Wildman–Crippen LogP) is 0.890. The Hall–Kier alpha value is -0.580. The summed E-state index contributed by atoms with van der Waals surface area (Å²) in [5.41, 5.74) is 0. The molecule has 0 saturated carbocycles. The Kier molecular flexibility index (Phi) is 10.8. The smallest absolute Gasteiger partial charge is 0.308 e. The molecule has 1 N–H and O–H groups in total. The SMILES string of the molecule is CCNC(=NCCCS(C)(=O)=O)N1CCC(C(=O)OC)CC1.I. The third-order valence-electron chi connectivity index (χ3n) is 3.60. The molecule has 0 spiro atoms. The van der Waals surface area contributed by atoms with E-state index in [0.717, 1.165) is 38.4 Å². The van der Waals surface area contributed by atoms with Gasteiger partial charge in [-0.15, -0.1) is 24.0 Å². The van der Waals surface area contributed by atoms with Gasteiger partial charge in [0.2, 0.25) is 0 Å². The van der Waals surface area contributed by atoms with Gasteiger partial charge in [-0.1, -0.05) is 0 Å². The van der Waals surface area contributed by atoms with E-state index in [0.29, 0.717) is 13.0 Å². The van der Waals surface area contributed by atoms with Crippen LogP contribution in [0.5, 0.6) is 0 Å². The number of hydrogen-bond acceptors (Lipinski definition) is 5. The van der Waals surface area contributed by atoms with Crippen molar-refractivity contribution in [1.29, 1.82) is 0 Å². The zero-order chi connectivity index (χ0) is 16.6. The fourth-order valence-electron chi connectivity index (χ4n) is 2.43. The molecule has 0 aromatic carbocycles. The second-order valence-corrected chi connectivity index (χ2v) is 7.76. The lowest BCUT2D eigenvalue weighted by atomic mass is 9.97. The van der Waals surface area contributed by atoms with Gasteiger partial charge >= 0.3 is 5.97 Å². The number of halogens is 1. The molecule has 1 aliphatic heterocycles. The molecule has 0 radical (unpaired) electrons. The first-order valence-corrected chi connectivity index (χ1v) is 9.72. The average molecular weight is 461 g/mol. The lowest BCUT2D eigenvalue weighted by Crippen LogP contribution is -2.46. The van der Waals surface area contributed by atoms with Gasteiger partial charge in [0, 0.05) is 32.4 Å². The molecular weight excluding hydrogens is 433 g/mol. The third-order valence-corrected chi connectivity index (χ3v) is 4.63. The van der Waals surface area contributed by atoms with Crippen LogP contribution in [0.1, 0.15) is 26.2 Å². The average Bonchev–Trinajstić information content (AvgIpc) is 2.49. The van der Waals surface area contributed by atoms with Gasteiger partial charge in [-0.25, -0.2) is 8.42 Å². The van der Waals surface area contributed by atoms with Crippen LogP contribution in [0.4, 0.5) is 0 Å². The summed E-state index contributed by atoms with van der Waals surface area (Å²) < 4.78 is 27.0. The van der Waals surface area contributed by atoms with Crippen LogP contribution in [0, 0.1) is 5.92 Å². The number of rotatable bonds is 6. The molecule has 1 fully saturated rings. The van der Waals surface area contributed by atoms with Gasteiger partial charge in [0.05, 0.1) is 18.8 Å². The summed E-state index contributed by atoms with van der Waals surface area (Å²) in [6, 6.07) is 0. The standard InChI is InChI=1S/C14H27N3O4S.HI/c1-4-15-14(16-8-5-11-22(3,19)20)17-9-6-12(7-10-17)13(18)21-2;/h12H,4-11H2,1-3H3,(H,15,16);1H. The topological polar surface area (TPSA) is 88.1 Å². The number of ether oxygens (including phenoxy) is 1. The number of esters is 1. The molecule has 7 nitrogen and oxygen atoms in total. The molecule has 0 bridgehead atoms. The molecule has 1 heterocycles. The highest BCUT2D eigenvalue weighted by Gasteiger charge is 2.26. The Bertz CT molecular complexity index is 488. The van der Waals surface area contributed by atoms with E-state index >= 15 is 0 Å². The molecule has 0 aliphatic carbocycles. The summed E-state index contributed by atoms with van der Waals surface area (Å²) in [5, 5.41) is 3.22. The van der Waals surface area contributed by atoms with Gasteiger partial charge in [0.15, 0.2) is 5.96 Å². The van der Waals surface area contributed by atoms with Crippen LogP contribution in [0.25, 0.3) is 0 Å². The van der Waals surface area contributed by atoms with Crippen molar-refractivity contribution in [2.24, 2.45) is 10.9 Å². The Morgan fingerprint density at radius 2 is 1.96 bits per heavy atom. The maximum absolute atomic E-state index is 11.5. The van der Waals surface area contributed by atoms with E-state index in [9.17, 15) is 13.2 Å². The number of methoxy groups -OCH3 is 1. The summed E-state index contributed by atoms with van der Waals surface area (Å²) in [5.74, 6) is 0.767. The summed E-state index contributed by atoms with van der Waals surface area (Å²) >= 11 is 0. The van der Waals surface area contributed by atoms with Crippen LogP contribution in [0.3, 0.4) is 0 Å². The van der Waals surface area contributed by atoms with Crippen molar-refractivity contribution < 1.29 is 17.9 Å². The predicted molar refractivity (Wildman–Crippen MR) is 102 cm³/mol. The van der Waals surface area contributed by atoms with Crippen molar-refractivity contribution in [1.82, 2.24) is 10.2 Å². The molecule has 23 heavy (non-hydrogen) atoms. The molecule has 136 valence electrons. The lowest BCUT2D eigenvalue weighted by Gasteiger charge is -2.33. The van der Waals surface area contributed by atoms with Gasteiger partial charge in [-0.3, -0.25) is 9.79 Å². The quantitative estimate of drug-likeness (QED) is 0.208. The first-order valence-electron chi connectivity index (χ1n) is 7.66. The zero-order valence-electron chi connectivity index (χ0n) is 14.1. The first-order chi connectivity index (χ1) is 10.4. The van der Waals surface area contributed by atoms with Crippen LogP contribution < -0.4 is 5.32 Å². The minimum Gasteiger partial charge on any atom is -0.469 e. The minimum atomic E-state index is -2.93. The van der Waals surface area contributed by atoms with Crippen LogP contribution in [0.2, 0.25) is 0 Å². The van der Waals surface area contributed by atoms with Crippen molar-refractivity contribution in [3.05, 3.63) is 0 Å². The number of carbonyl (C=O) groups excluding carboxylic acids is 1. The van der Waals surface area contributed by atoms with Crippen molar-refractivity contribution in [3.8, 4) is 0 Å². The molecule has 0 atom stereocenters. The Labute approximate surface area is 156 Å². The van der Waals surface area contributed by atoms with Crippen molar-refractivity contribution >= 4 is 45.7 Å².